The molecule has 0 radical (unpaired) electrons. The number of amides is 1. The highest BCUT2D eigenvalue weighted by atomic mass is 16.4. The third-order valence-electron chi connectivity index (χ3n) is 4.62. The molecule has 126 valence electrons. The molecule has 0 spiro atoms. The van der Waals surface area contributed by atoms with Gasteiger partial charge in [0, 0.05) is 13.1 Å². The molecule has 2 aromatic carbocycles. The third kappa shape index (κ3) is 2.83. The lowest BCUT2D eigenvalue weighted by Crippen LogP contribution is -2.31. The van der Waals surface area contributed by atoms with Gasteiger partial charge in [-0.25, -0.2) is 4.79 Å². The van der Waals surface area contributed by atoms with E-state index in [1.807, 2.05) is 30.3 Å². The molecule has 3 aromatic rings. The second-order valence-electron chi connectivity index (χ2n) is 6.22. The van der Waals surface area contributed by atoms with Gasteiger partial charge in [-0.05, 0) is 35.1 Å². The van der Waals surface area contributed by atoms with Crippen LogP contribution in [0.3, 0.4) is 0 Å². The number of fused-ring (bicyclic) bond motifs is 2. The molecule has 0 aliphatic carbocycles. The van der Waals surface area contributed by atoms with Crippen LogP contribution in [-0.4, -0.2) is 22.5 Å². The smallest absolute Gasteiger partial charge is 0.344 e. The van der Waals surface area contributed by atoms with E-state index in [1.165, 1.54) is 0 Å². The standard InChI is InChI=1S/C20H17NO4/c22-17-9-10-21(12-14-6-2-3-7-15(14)17)19(23)18-11-13-5-1-4-8-16(13)20(24)25-18/h1-8,11,17,22H,9-10,12H2. The fourth-order valence-electron chi connectivity index (χ4n) is 3.29. The number of hydrogen-bond acceptors (Lipinski definition) is 4. The number of hydrogen-bond donors (Lipinski definition) is 1. The highest BCUT2D eigenvalue weighted by molar-refractivity contribution is 5.95. The van der Waals surface area contributed by atoms with Crippen LogP contribution >= 0.6 is 0 Å². The normalized spacial score (nSPS) is 17.2. The monoisotopic (exact) mass is 335 g/mol. The Hall–Kier alpha value is -2.92. The van der Waals surface area contributed by atoms with E-state index < -0.39 is 11.7 Å². The van der Waals surface area contributed by atoms with Crippen LogP contribution in [0, 0.1) is 0 Å². The van der Waals surface area contributed by atoms with Crippen molar-refractivity contribution in [3.63, 3.8) is 0 Å². The van der Waals surface area contributed by atoms with Crippen molar-refractivity contribution in [1.82, 2.24) is 4.90 Å². The summed E-state index contributed by atoms with van der Waals surface area (Å²) < 4.78 is 5.25. The highest BCUT2D eigenvalue weighted by Crippen LogP contribution is 2.27. The van der Waals surface area contributed by atoms with Gasteiger partial charge in [-0.3, -0.25) is 4.79 Å². The number of carbonyl (C=O) groups is 1. The molecule has 1 aliphatic rings. The Morgan fingerprint density at radius 1 is 1.12 bits per heavy atom. The Kier molecular flexibility index (Phi) is 3.86. The minimum atomic E-state index is -0.599. The molecule has 0 fully saturated rings. The van der Waals surface area contributed by atoms with Gasteiger partial charge in [0.05, 0.1) is 11.5 Å². The molecule has 5 nitrogen and oxygen atoms in total. The summed E-state index contributed by atoms with van der Waals surface area (Å²) in [6, 6.07) is 16.2. The Labute approximate surface area is 144 Å². The Morgan fingerprint density at radius 3 is 2.76 bits per heavy atom. The van der Waals surface area contributed by atoms with Gasteiger partial charge in [-0.15, -0.1) is 0 Å². The number of nitrogens with zero attached hydrogens (tertiary/aromatic N) is 1. The zero-order valence-electron chi connectivity index (χ0n) is 13.5. The second-order valence-corrected chi connectivity index (χ2v) is 6.22. The van der Waals surface area contributed by atoms with Crippen LogP contribution in [0.5, 0.6) is 0 Å². The maximum absolute atomic E-state index is 12.9. The van der Waals surface area contributed by atoms with Crippen molar-refractivity contribution in [2.45, 2.75) is 19.1 Å². The van der Waals surface area contributed by atoms with E-state index in [1.54, 1.807) is 29.2 Å². The minimum Gasteiger partial charge on any atom is -0.417 e. The molecule has 1 atom stereocenters. The molecule has 1 N–H and O–H groups in total. The molecule has 4 rings (SSSR count). The second kappa shape index (κ2) is 6.18. The lowest BCUT2D eigenvalue weighted by Gasteiger charge is -2.20. The number of aliphatic hydroxyl groups excluding tert-OH is 1. The van der Waals surface area contributed by atoms with Crippen molar-refractivity contribution in [1.29, 1.82) is 0 Å². The van der Waals surface area contributed by atoms with E-state index in [-0.39, 0.29) is 11.7 Å². The van der Waals surface area contributed by atoms with Crippen molar-refractivity contribution in [3.8, 4) is 0 Å². The van der Waals surface area contributed by atoms with Gasteiger partial charge < -0.3 is 14.4 Å². The van der Waals surface area contributed by atoms with Crippen LogP contribution in [0.4, 0.5) is 0 Å². The summed E-state index contributed by atoms with van der Waals surface area (Å²) >= 11 is 0. The maximum Gasteiger partial charge on any atom is 0.344 e. The average Bonchev–Trinajstić information content (AvgIpc) is 2.80. The lowest BCUT2D eigenvalue weighted by molar-refractivity contribution is 0.0687. The van der Waals surface area contributed by atoms with Gasteiger partial charge >= 0.3 is 5.63 Å². The van der Waals surface area contributed by atoms with Crippen molar-refractivity contribution in [2.75, 3.05) is 6.54 Å². The largest absolute Gasteiger partial charge is 0.417 e. The Morgan fingerprint density at radius 2 is 1.88 bits per heavy atom. The average molecular weight is 335 g/mol. The molecule has 25 heavy (non-hydrogen) atoms. The number of aliphatic hydroxyl groups is 1. The fourth-order valence-corrected chi connectivity index (χ4v) is 3.29. The molecule has 1 unspecified atom stereocenters. The first-order valence-corrected chi connectivity index (χ1v) is 8.21. The molecule has 1 amide bonds. The van der Waals surface area contributed by atoms with Crippen LogP contribution in [0.1, 0.15) is 34.2 Å². The van der Waals surface area contributed by atoms with Crippen molar-refractivity contribution in [3.05, 3.63) is 81.9 Å². The van der Waals surface area contributed by atoms with Crippen LogP contribution in [0.15, 0.2) is 63.8 Å². The third-order valence-corrected chi connectivity index (χ3v) is 4.62. The quantitative estimate of drug-likeness (QED) is 0.742. The van der Waals surface area contributed by atoms with E-state index >= 15 is 0 Å². The van der Waals surface area contributed by atoms with E-state index in [0.29, 0.717) is 30.3 Å². The number of rotatable bonds is 1. The number of benzene rings is 2. The molecule has 1 aliphatic heterocycles. The van der Waals surface area contributed by atoms with Gasteiger partial charge in [0.1, 0.15) is 0 Å². The molecule has 1 aromatic heterocycles. The van der Waals surface area contributed by atoms with E-state index in [4.69, 9.17) is 4.42 Å². The number of carbonyl (C=O) groups excluding carboxylic acids is 1. The van der Waals surface area contributed by atoms with Crippen LogP contribution in [0.25, 0.3) is 10.8 Å². The van der Waals surface area contributed by atoms with Crippen molar-refractivity contribution in [2.24, 2.45) is 0 Å². The first-order valence-electron chi connectivity index (χ1n) is 8.21. The first-order chi connectivity index (χ1) is 12.1. The van der Waals surface area contributed by atoms with Gasteiger partial charge in [0.2, 0.25) is 0 Å². The summed E-state index contributed by atoms with van der Waals surface area (Å²) in [6.07, 6.45) is -0.154. The maximum atomic E-state index is 12.9. The van der Waals surface area contributed by atoms with E-state index in [0.717, 1.165) is 11.1 Å². The zero-order valence-corrected chi connectivity index (χ0v) is 13.5. The molecular weight excluding hydrogens is 318 g/mol. The molecule has 2 heterocycles. The topological polar surface area (TPSA) is 70.8 Å². The van der Waals surface area contributed by atoms with E-state index in [2.05, 4.69) is 0 Å². The lowest BCUT2D eigenvalue weighted by atomic mass is 10.0. The minimum absolute atomic E-state index is 0.0255. The van der Waals surface area contributed by atoms with Crippen LogP contribution in [-0.2, 0) is 6.54 Å². The summed E-state index contributed by atoms with van der Waals surface area (Å²) in [7, 11) is 0. The predicted molar refractivity (Wildman–Crippen MR) is 93.2 cm³/mol. The molecule has 0 bridgehead atoms. The molecule has 5 heteroatoms. The predicted octanol–water partition coefficient (Wildman–Crippen LogP) is 2.87. The fraction of sp³-hybridized carbons (Fsp3) is 0.200. The molecule has 0 saturated carbocycles. The summed E-state index contributed by atoms with van der Waals surface area (Å²) in [5, 5.41) is 11.4. The SMILES string of the molecule is O=C(c1cc2ccccc2c(=O)o1)N1CCC(O)c2ccccc2C1. The Balaban J connectivity index is 1.71. The summed E-state index contributed by atoms with van der Waals surface area (Å²) in [6.45, 7) is 0.772. The van der Waals surface area contributed by atoms with Crippen molar-refractivity contribution < 1.29 is 14.3 Å². The molecule has 0 saturated heterocycles. The summed E-state index contributed by atoms with van der Waals surface area (Å²) in [4.78, 5) is 26.6. The van der Waals surface area contributed by atoms with Gasteiger partial charge in [-0.2, -0.15) is 0 Å². The highest BCUT2D eigenvalue weighted by Gasteiger charge is 2.26. The summed E-state index contributed by atoms with van der Waals surface area (Å²) in [5.74, 6) is -0.315. The zero-order chi connectivity index (χ0) is 17.4. The van der Waals surface area contributed by atoms with Crippen LogP contribution in [0.2, 0.25) is 0 Å². The van der Waals surface area contributed by atoms with Gasteiger partial charge in [-0.1, -0.05) is 42.5 Å². The van der Waals surface area contributed by atoms with Crippen LogP contribution < -0.4 is 5.63 Å². The van der Waals surface area contributed by atoms with Gasteiger partial charge in [0.25, 0.3) is 5.91 Å². The Bertz CT molecular complexity index is 1010. The molecular formula is C20H17NO4. The van der Waals surface area contributed by atoms with Gasteiger partial charge in [0.15, 0.2) is 5.76 Å². The van der Waals surface area contributed by atoms with E-state index in [9.17, 15) is 14.7 Å². The first kappa shape index (κ1) is 15.6. The van der Waals surface area contributed by atoms with Crippen molar-refractivity contribution >= 4 is 16.7 Å². The summed E-state index contributed by atoms with van der Waals surface area (Å²) in [5.41, 5.74) is 1.23.